The van der Waals surface area contributed by atoms with E-state index in [1.165, 1.54) is 54.6 Å². The molecule has 0 spiro atoms. The molecule has 0 aliphatic heterocycles. The van der Waals surface area contributed by atoms with Crippen LogP contribution in [0.2, 0.25) is 5.02 Å². The van der Waals surface area contributed by atoms with Gasteiger partial charge in [0.15, 0.2) is 5.82 Å². The number of aromatic nitrogens is 3. The van der Waals surface area contributed by atoms with Gasteiger partial charge in [-0.3, -0.25) is 9.78 Å². The van der Waals surface area contributed by atoms with Crippen molar-refractivity contribution in [3.63, 3.8) is 0 Å². The monoisotopic (exact) mass is 516 g/mol. The van der Waals surface area contributed by atoms with Gasteiger partial charge in [-0.05, 0) is 66.9 Å². The fraction of sp³-hybridized carbons (Fsp3) is 0.160. The Hall–Kier alpha value is -3.92. The van der Waals surface area contributed by atoms with Gasteiger partial charge in [0.05, 0.1) is 27.4 Å². The number of rotatable bonds is 5. The number of alkyl halides is 3. The molecule has 3 aromatic carbocycles. The standard InChI is InChI=1S/C25H17ClF4N4O2/c26-18-2-1-3-19(27)20(18)21-31-23(36)34(33-21)17-10-4-14(5-11-17)22(35)32-24(12-13-24)15-6-8-16(9-7-15)25(28,29)30/h1-11H,12-13H2,(H,32,35)(H,31,33,36). The summed E-state index contributed by atoms with van der Waals surface area (Å²) in [6.07, 6.45) is -3.22. The lowest BCUT2D eigenvalue weighted by molar-refractivity contribution is -0.137. The third-order valence-electron chi connectivity index (χ3n) is 6.06. The molecule has 1 heterocycles. The number of H-pyrrole nitrogens is 1. The van der Waals surface area contributed by atoms with E-state index in [4.69, 9.17) is 11.6 Å². The summed E-state index contributed by atoms with van der Waals surface area (Å²) in [6.45, 7) is 0. The van der Waals surface area contributed by atoms with Gasteiger partial charge in [0.25, 0.3) is 5.91 Å². The number of nitrogens with one attached hydrogen (secondary N) is 2. The van der Waals surface area contributed by atoms with Crippen LogP contribution in [-0.4, -0.2) is 20.7 Å². The van der Waals surface area contributed by atoms with Crippen LogP contribution in [0.15, 0.2) is 71.5 Å². The van der Waals surface area contributed by atoms with Gasteiger partial charge in [0.2, 0.25) is 0 Å². The van der Waals surface area contributed by atoms with Gasteiger partial charge in [0.1, 0.15) is 5.82 Å². The SMILES string of the molecule is O=C(NC1(c2ccc(C(F)(F)F)cc2)CC1)c1ccc(-n2nc(-c3c(F)cccc3Cl)[nH]c2=O)cc1. The minimum Gasteiger partial charge on any atom is -0.343 e. The minimum absolute atomic E-state index is 0.0380. The molecule has 4 aromatic rings. The van der Waals surface area contributed by atoms with E-state index in [1.807, 2.05) is 0 Å². The number of benzene rings is 3. The normalized spacial score (nSPS) is 14.5. The van der Waals surface area contributed by atoms with Gasteiger partial charge in [-0.2, -0.15) is 17.9 Å². The number of hydrogen-bond acceptors (Lipinski definition) is 3. The first-order valence-electron chi connectivity index (χ1n) is 10.8. The Labute approximate surface area is 206 Å². The van der Waals surface area contributed by atoms with Gasteiger partial charge < -0.3 is 5.32 Å². The molecule has 1 saturated carbocycles. The van der Waals surface area contributed by atoms with E-state index >= 15 is 0 Å². The van der Waals surface area contributed by atoms with Crippen molar-refractivity contribution in [2.45, 2.75) is 24.6 Å². The fourth-order valence-corrected chi connectivity index (χ4v) is 4.22. The van der Waals surface area contributed by atoms with Crippen molar-refractivity contribution in [1.29, 1.82) is 0 Å². The van der Waals surface area contributed by atoms with E-state index in [-0.39, 0.29) is 22.0 Å². The number of carbonyl (C=O) groups excluding carboxylic acids is 1. The molecule has 5 rings (SSSR count). The second-order valence-electron chi connectivity index (χ2n) is 8.45. The van der Waals surface area contributed by atoms with Crippen LogP contribution >= 0.6 is 11.6 Å². The van der Waals surface area contributed by atoms with E-state index in [2.05, 4.69) is 15.4 Å². The number of carbonyl (C=O) groups is 1. The smallest absolute Gasteiger partial charge is 0.343 e. The maximum Gasteiger partial charge on any atom is 0.416 e. The molecule has 1 aliphatic rings. The highest BCUT2D eigenvalue weighted by Crippen LogP contribution is 2.46. The van der Waals surface area contributed by atoms with Crippen molar-refractivity contribution in [3.05, 3.63) is 105 Å². The Balaban J connectivity index is 1.34. The third-order valence-corrected chi connectivity index (χ3v) is 6.37. The molecule has 6 nitrogen and oxygen atoms in total. The number of nitrogens with zero attached hydrogens (tertiary/aromatic N) is 2. The van der Waals surface area contributed by atoms with Gasteiger partial charge in [-0.1, -0.05) is 29.8 Å². The summed E-state index contributed by atoms with van der Waals surface area (Å²) >= 11 is 6.05. The van der Waals surface area contributed by atoms with Crippen LogP contribution in [0.3, 0.4) is 0 Å². The van der Waals surface area contributed by atoms with E-state index in [9.17, 15) is 27.2 Å². The van der Waals surface area contributed by atoms with Crippen molar-refractivity contribution < 1.29 is 22.4 Å². The lowest BCUT2D eigenvalue weighted by Crippen LogP contribution is -2.34. The Morgan fingerprint density at radius 1 is 1.03 bits per heavy atom. The van der Waals surface area contributed by atoms with E-state index in [0.717, 1.165) is 16.8 Å². The molecule has 184 valence electrons. The highest BCUT2D eigenvalue weighted by molar-refractivity contribution is 6.33. The molecule has 0 atom stereocenters. The van der Waals surface area contributed by atoms with Crippen LogP contribution in [0.1, 0.15) is 34.3 Å². The average molecular weight is 517 g/mol. The van der Waals surface area contributed by atoms with Gasteiger partial charge in [-0.25, -0.2) is 9.18 Å². The lowest BCUT2D eigenvalue weighted by atomic mass is 10.0. The van der Waals surface area contributed by atoms with Crippen LogP contribution < -0.4 is 11.0 Å². The topological polar surface area (TPSA) is 79.8 Å². The van der Waals surface area contributed by atoms with Crippen molar-refractivity contribution in [2.75, 3.05) is 0 Å². The second kappa shape index (κ2) is 8.63. The molecule has 0 bridgehead atoms. The summed E-state index contributed by atoms with van der Waals surface area (Å²) in [5.41, 5.74) is -0.911. The summed E-state index contributed by atoms with van der Waals surface area (Å²) in [5, 5.41) is 7.11. The summed E-state index contributed by atoms with van der Waals surface area (Å²) in [5.74, 6) is -1.10. The van der Waals surface area contributed by atoms with E-state index in [1.54, 1.807) is 0 Å². The summed E-state index contributed by atoms with van der Waals surface area (Å²) in [7, 11) is 0. The average Bonchev–Trinajstić information content (AvgIpc) is 3.52. The molecule has 1 aromatic heterocycles. The van der Waals surface area contributed by atoms with E-state index in [0.29, 0.717) is 24.1 Å². The summed E-state index contributed by atoms with van der Waals surface area (Å²) in [4.78, 5) is 27.7. The minimum atomic E-state index is -4.43. The van der Waals surface area contributed by atoms with Crippen LogP contribution in [0.5, 0.6) is 0 Å². The zero-order valence-corrected chi connectivity index (χ0v) is 19.1. The van der Waals surface area contributed by atoms with Gasteiger partial charge in [0, 0.05) is 5.56 Å². The van der Waals surface area contributed by atoms with Crippen LogP contribution in [0.25, 0.3) is 17.1 Å². The fourth-order valence-electron chi connectivity index (χ4n) is 3.97. The van der Waals surface area contributed by atoms with Crippen LogP contribution in [0, 0.1) is 5.82 Å². The van der Waals surface area contributed by atoms with Crippen molar-refractivity contribution in [1.82, 2.24) is 20.1 Å². The lowest BCUT2D eigenvalue weighted by Gasteiger charge is -2.19. The predicted molar refractivity (Wildman–Crippen MR) is 124 cm³/mol. The van der Waals surface area contributed by atoms with Crippen molar-refractivity contribution in [3.8, 4) is 17.1 Å². The molecular formula is C25H17ClF4N4O2. The molecular weight excluding hydrogens is 500 g/mol. The molecule has 0 unspecified atom stereocenters. The zero-order chi connectivity index (χ0) is 25.7. The number of aromatic amines is 1. The van der Waals surface area contributed by atoms with Crippen molar-refractivity contribution in [2.24, 2.45) is 0 Å². The van der Waals surface area contributed by atoms with Crippen LogP contribution in [-0.2, 0) is 11.7 Å². The molecule has 1 amide bonds. The molecule has 0 radical (unpaired) electrons. The Kier molecular flexibility index (Phi) is 5.71. The largest absolute Gasteiger partial charge is 0.416 e. The first-order valence-corrected chi connectivity index (χ1v) is 11.2. The van der Waals surface area contributed by atoms with Gasteiger partial charge >= 0.3 is 11.9 Å². The summed E-state index contributed by atoms with van der Waals surface area (Å²) in [6, 6.07) is 14.8. The maximum absolute atomic E-state index is 14.2. The molecule has 1 aliphatic carbocycles. The first kappa shape index (κ1) is 23.8. The molecule has 1 fully saturated rings. The number of hydrogen-bond donors (Lipinski definition) is 2. The number of halogens is 5. The Morgan fingerprint density at radius 2 is 1.69 bits per heavy atom. The predicted octanol–water partition coefficient (Wildman–Crippen LogP) is 5.46. The quantitative estimate of drug-likeness (QED) is 0.346. The highest BCUT2D eigenvalue weighted by atomic mass is 35.5. The van der Waals surface area contributed by atoms with Crippen LogP contribution in [0.4, 0.5) is 17.6 Å². The number of amides is 1. The third kappa shape index (κ3) is 4.39. The first-order chi connectivity index (χ1) is 17.1. The van der Waals surface area contributed by atoms with E-state index < -0.39 is 34.7 Å². The zero-order valence-electron chi connectivity index (χ0n) is 18.4. The molecule has 11 heteroatoms. The summed E-state index contributed by atoms with van der Waals surface area (Å²) < 4.78 is 53.8. The van der Waals surface area contributed by atoms with Crippen molar-refractivity contribution >= 4 is 17.5 Å². The molecule has 0 saturated heterocycles. The molecule has 36 heavy (non-hydrogen) atoms. The van der Waals surface area contributed by atoms with Gasteiger partial charge in [-0.15, -0.1) is 5.10 Å². The molecule has 2 N–H and O–H groups in total. The Morgan fingerprint density at radius 3 is 2.28 bits per heavy atom. The highest BCUT2D eigenvalue weighted by Gasteiger charge is 2.46. The Bertz CT molecular complexity index is 1480. The maximum atomic E-state index is 14.2. The second-order valence-corrected chi connectivity index (χ2v) is 8.85.